The molecule has 0 aromatic heterocycles. The maximum absolute atomic E-state index is 13.8. The number of nitrogens with zero attached hydrogens (tertiary/aromatic N) is 3. The van der Waals surface area contributed by atoms with E-state index in [1.165, 1.54) is 24.9 Å². The van der Waals surface area contributed by atoms with Gasteiger partial charge in [-0.15, -0.1) is 0 Å². The van der Waals surface area contributed by atoms with Crippen LogP contribution >= 0.6 is 0 Å². The van der Waals surface area contributed by atoms with Crippen molar-refractivity contribution in [2.45, 2.75) is 13.0 Å². The standard InChI is InChI=1S/C20H23FN4O/c1-14-12-24(8-6-22-14)17-3-4-20-23-19(5-7-25(20)13-17)15-9-16(21)11-18(10-15)26-2/h3-5,9-11,13-14,22H,6-8,12H2,1-2H3/t14-/m0/s1. The highest BCUT2D eigenvalue weighted by Gasteiger charge is 2.22. The van der Waals surface area contributed by atoms with E-state index in [-0.39, 0.29) is 5.82 Å². The van der Waals surface area contributed by atoms with Crippen LogP contribution < -0.4 is 10.1 Å². The summed E-state index contributed by atoms with van der Waals surface area (Å²) in [6.45, 7) is 5.92. The lowest BCUT2D eigenvalue weighted by Crippen LogP contribution is -2.49. The minimum Gasteiger partial charge on any atom is -0.497 e. The molecular formula is C20H23FN4O. The Morgan fingerprint density at radius 3 is 2.96 bits per heavy atom. The van der Waals surface area contributed by atoms with Gasteiger partial charge in [0, 0.05) is 50.1 Å². The van der Waals surface area contributed by atoms with Gasteiger partial charge in [-0.25, -0.2) is 9.38 Å². The fourth-order valence-corrected chi connectivity index (χ4v) is 3.49. The van der Waals surface area contributed by atoms with E-state index in [0.717, 1.165) is 36.7 Å². The zero-order valence-corrected chi connectivity index (χ0v) is 15.1. The molecule has 1 saturated heterocycles. The van der Waals surface area contributed by atoms with Gasteiger partial charge in [0.05, 0.1) is 18.5 Å². The first-order valence-electron chi connectivity index (χ1n) is 8.91. The number of hydrogen-bond acceptors (Lipinski definition) is 5. The molecule has 1 aromatic carbocycles. The van der Waals surface area contributed by atoms with Gasteiger partial charge < -0.3 is 19.9 Å². The highest BCUT2D eigenvalue weighted by Crippen LogP contribution is 2.27. The molecule has 0 radical (unpaired) electrons. The molecule has 0 aliphatic carbocycles. The van der Waals surface area contributed by atoms with E-state index in [4.69, 9.17) is 9.73 Å². The van der Waals surface area contributed by atoms with Crippen LogP contribution in [-0.2, 0) is 0 Å². The molecule has 26 heavy (non-hydrogen) atoms. The average molecular weight is 354 g/mol. The summed E-state index contributed by atoms with van der Waals surface area (Å²) in [5.41, 5.74) is 2.71. The van der Waals surface area contributed by atoms with Crippen LogP contribution in [0.4, 0.5) is 4.39 Å². The van der Waals surface area contributed by atoms with Crippen molar-refractivity contribution in [2.24, 2.45) is 4.99 Å². The first-order valence-corrected chi connectivity index (χ1v) is 8.91. The Morgan fingerprint density at radius 2 is 2.15 bits per heavy atom. The van der Waals surface area contributed by atoms with Gasteiger partial charge in [0.15, 0.2) is 0 Å². The normalized spacial score (nSPS) is 22.4. The molecule has 1 aromatic rings. The second kappa shape index (κ2) is 6.96. The number of piperazine rings is 1. The second-order valence-electron chi connectivity index (χ2n) is 6.78. The number of hydrogen-bond donors (Lipinski definition) is 1. The van der Waals surface area contributed by atoms with E-state index in [1.807, 2.05) is 18.2 Å². The number of amidine groups is 1. The summed E-state index contributed by atoms with van der Waals surface area (Å²) in [7, 11) is 1.54. The van der Waals surface area contributed by atoms with E-state index in [1.54, 1.807) is 0 Å². The predicted molar refractivity (Wildman–Crippen MR) is 101 cm³/mol. The number of ether oxygens (including phenoxy) is 1. The minimum absolute atomic E-state index is 0.322. The van der Waals surface area contributed by atoms with Crippen LogP contribution in [0.2, 0.25) is 0 Å². The van der Waals surface area contributed by atoms with Crippen molar-refractivity contribution in [2.75, 3.05) is 33.3 Å². The molecule has 3 heterocycles. The summed E-state index contributed by atoms with van der Waals surface area (Å²) in [4.78, 5) is 9.23. The Balaban J connectivity index is 1.54. The number of fused-ring (bicyclic) bond motifs is 1. The van der Waals surface area contributed by atoms with Crippen molar-refractivity contribution in [3.8, 4) is 5.75 Å². The number of halogens is 1. The molecule has 5 nitrogen and oxygen atoms in total. The molecule has 0 spiro atoms. The highest BCUT2D eigenvalue weighted by molar-refractivity contribution is 6.00. The van der Waals surface area contributed by atoms with E-state index >= 15 is 0 Å². The van der Waals surface area contributed by atoms with E-state index in [2.05, 4.69) is 34.3 Å². The monoisotopic (exact) mass is 354 g/mol. The van der Waals surface area contributed by atoms with Gasteiger partial charge in [-0.3, -0.25) is 0 Å². The lowest BCUT2D eigenvalue weighted by atomic mass is 10.1. The molecule has 136 valence electrons. The molecule has 0 saturated carbocycles. The van der Waals surface area contributed by atoms with Crippen LogP contribution in [0.1, 0.15) is 12.5 Å². The van der Waals surface area contributed by atoms with Crippen LogP contribution in [0.25, 0.3) is 5.70 Å². The molecule has 3 aliphatic heterocycles. The van der Waals surface area contributed by atoms with Crippen molar-refractivity contribution in [3.05, 3.63) is 59.7 Å². The van der Waals surface area contributed by atoms with Gasteiger partial charge in [0.1, 0.15) is 17.4 Å². The van der Waals surface area contributed by atoms with E-state index in [9.17, 15) is 4.39 Å². The van der Waals surface area contributed by atoms with Gasteiger partial charge in [-0.05, 0) is 37.3 Å². The SMILES string of the molecule is COc1cc(F)cc(C2=CCN3C=C(N4CCN[C@@H](C)C4)C=CC3=N2)c1. The van der Waals surface area contributed by atoms with Crippen LogP contribution in [0.3, 0.4) is 0 Å². The van der Waals surface area contributed by atoms with Crippen LogP contribution in [0, 0.1) is 5.82 Å². The summed E-state index contributed by atoms with van der Waals surface area (Å²) in [6, 6.07) is 5.16. The molecule has 0 unspecified atom stereocenters. The molecular weight excluding hydrogens is 331 g/mol. The number of nitrogens with one attached hydrogen (secondary N) is 1. The Kier molecular flexibility index (Phi) is 4.51. The number of benzene rings is 1. The summed E-state index contributed by atoms with van der Waals surface area (Å²) in [6.07, 6.45) is 8.32. The van der Waals surface area contributed by atoms with Gasteiger partial charge in [0.25, 0.3) is 0 Å². The summed E-state index contributed by atoms with van der Waals surface area (Å²) < 4.78 is 19.0. The van der Waals surface area contributed by atoms with Crippen LogP contribution in [0.5, 0.6) is 5.75 Å². The fourth-order valence-electron chi connectivity index (χ4n) is 3.49. The van der Waals surface area contributed by atoms with Crippen LogP contribution in [-0.4, -0.2) is 55.0 Å². The van der Waals surface area contributed by atoms with E-state index < -0.39 is 0 Å². The maximum Gasteiger partial charge on any atom is 0.133 e. The van der Waals surface area contributed by atoms with Gasteiger partial charge in [-0.1, -0.05) is 0 Å². The zero-order chi connectivity index (χ0) is 18.1. The quantitative estimate of drug-likeness (QED) is 0.906. The average Bonchev–Trinajstić information content (AvgIpc) is 2.66. The van der Waals surface area contributed by atoms with Gasteiger partial charge in [0.2, 0.25) is 0 Å². The van der Waals surface area contributed by atoms with Crippen molar-refractivity contribution in [3.63, 3.8) is 0 Å². The third-order valence-corrected chi connectivity index (χ3v) is 4.84. The summed E-state index contributed by atoms with van der Waals surface area (Å²) >= 11 is 0. The van der Waals surface area contributed by atoms with Crippen LogP contribution in [0.15, 0.2) is 53.3 Å². The minimum atomic E-state index is -0.322. The number of allylic oxidation sites excluding steroid dienone is 1. The Labute approximate surface area is 153 Å². The van der Waals surface area contributed by atoms with E-state index in [0.29, 0.717) is 18.3 Å². The number of rotatable bonds is 3. The molecule has 1 N–H and O–H groups in total. The summed E-state index contributed by atoms with van der Waals surface area (Å²) in [5.74, 6) is 1.05. The number of methoxy groups -OCH3 is 1. The largest absolute Gasteiger partial charge is 0.497 e. The lowest BCUT2D eigenvalue weighted by molar-refractivity contribution is 0.258. The second-order valence-corrected chi connectivity index (χ2v) is 6.78. The van der Waals surface area contributed by atoms with Gasteiger partial charge in [-0.2, -0.15) is 0 Å². The molecule has 0 amide bonds. The maximum atomic E-state index is 13.8. The summed E-state index contributed by atoms with van der Waals surface area (Å²) in [5, 5.41) is 3.46. The number of aliphatic imine (C=N–C) groups is 1. The third-order valence-electron chi connectivity index (χ3n) is 4.84. The molecule has 6 heteroatoms. The van der Waals surface area contributed by atoms with Crippen molar-refractivity contribution < 1.29 is 9.13 Å². The molecule has 1 fully saturated rings. The molecule has 3 aliphatic rings. The lowest BCUT2D eigenvalue weighted by Gasteiger charge is -2.37. The first kappa shape index (κ1) is 16.8. The Morgan fingerprint density at radius 1 is 1.27 bits per heavy atom. The van der Waals surface area contributed by atoms with Crippen molar-refractivity contribution in [1.82, 2.24) is 15.1 Å². The van der Waals surface area contributed by atoms with Crippen molar-refractivity contribution in [1.29, 1.82) is 0 Å². The highest BCUT2D eigenvalue weighted by atomic mass is 19.1. The zero-order valence-electron chi connectivity index (χ0n) is 15.1. The molecule has 4 rings (SSSR count). The Bertz CT molecular complexity index is 827. The Hall–Kier alpha value is -2.60. The molecule has 1 atom stereocenters. The van der Waals surface area contributed by atoms with Gasteiger partial charge >= 0.3 is 0 Å². The molecule has 0 bridgehead atoms. The predicted octanol–water partition coefficient (Wildman–Crippen LogP) is 2.59. The third kappa shape index (κ3) is 3.37. The smallest absolute Gasteiger partial charge is 0.133 e. The van der Waals surface area contributed by atoms with Crippen molar-refractivity contribution >= 4 is 11.5 Å². The fraction of sp³-hybridized carbons (Fsp3) is 0.350. The topological polar surface area (TPSA) is 40.1 Å². The first-order chi connectivity index (χ1) is 12.6.